The van der Waals surface area contributed by atoms with E-state index in [1.807, 2.05) is 12.1 Å². The predicted molar refractivity (Wildman–Crippen MR) is 82.1 cm³/mol. The molecule has 0 fully saturated rings. The van der Waals surface area contributed by atoms with Gasteiger partial charge in [-0.2, -0.15) is 4.89 Å². The molecule has 0 aliphatic heterocycles. The van der Waals surface area contributed by atoms with Gasteiger partial charge in [0.1, 0.15) is 6.61 Å². The molecule has 0 aliphatic rings. The van der Waals surface area contributed by atoms with Gasteiger partial charge in [-0.3, -0.25) is 4.89 Å². The molecule has 0 amide bonds. The maximum absolute atomic E-state index is 11.7. The van der Waals surface area contributed by atoms with Gasteiger partial charge in [-0.05, 0) is 37.0 Å². The Morgan fingerprint density at radius 3 is 2.33 bits per heavy atom. The van der Waals surface area contributed by atoms with Crippen molar-refractivity contribution in [3.05, 3.63) is 35.4 Å². The Bertz CT molecular complexity index is 386. The van der Waals surface area contributed by atoms with Gasteiger partial charge in [-0.25, -0.2) is 4.79 Å². The van der Waals surface area contributed by atoms with Crippen molar-refractivity contribution in [3.8, 4) is 0 Å². The highest BCUT2D eigenvalue weighted by molar-refractivity contribution is 5.88. The third-order valence-electron chi connectivity index (χ3n) is 3.10. The minimum Gasteiger partial charge on any atom is -0.379 e. The van der Waals surface area contributed by atoms with Crippen LogP contribution in [0.4, 0.5) is 0 Å². The molecule has 0 saturated heterocycles. The van der Waals surface area contributed by atoms with Gasteiger partial charge in [0.05, 0.1) is 12.2 Å². The zero-order valence-corrected chi connectivity index (χ0v) is 13.1. The van der Waals surface area contributed by atoms with Gasteiger partial charge >= 0.3 is 5.97 Å². The van der Waals surface area contributed by atoms with Crippen molar-refractivity contribution < 1.29 is 19.3 Å². The maximum atomic E-state index is 11.7. The van der Waals surface area contributed by atoms with E-state index in [1.54, 1.807) is 12.1 Å². The highest BCUT2D eigenvalue weighted by Crippen LogP contribution is 2.09. The first-order valence-corrected chi connectivity index (χ1v) is 7.78. The zero-order chi connectivity index (χ0) is 15.3. The van der Waals surface area contributed by atoms with E-state index in [9.17, 15) is 4.79 Å². The average Bonchev–Trinajstić information content (AvgIpc) is 2.52. The third kappa shape index (κ3) is 7.83. The summed E-state index contributed by atoms with van der Waals surface area (Å²) >= 11 is 0. The van der Waals surface area contributed by atoms with Crippen molar-refractivity contribution in [1.29, 1.82) is 0 Å². The van der Waals surface area contributed by atoms with Gasteiger partial charge < -0.3 is 4.74 Å². The number of unbranched alkanes of at least 4 members (excludes halogenated alkanes) is 2. The molecule has 0 aromatic heterocycles. The first-order chi connectivity index (χ1) is 10.3. The summed E-state index contributed by atoms with van der Waals surface area (Å²) in [5, 5.41) is 0. The highest BCUT2D eigenvalue weighted by atomic mass is 17.2. The van der Waals surface area contributed by atoms with Crippen LogP contribution in [0.5, 0.6) is 0 Å². The number of rotatable bonds is 11. The van der Waals surface area contributed by atoms with Crippen LogP contribution < -0.4 is 0 Å². The van der Waals surface area contributed by atoms with Crippen LogP contribution in [-0.2, 0) is 20.9 Å². The second kappa shape index (κ2) is 11.3. The lowest BCUT2D eigenvalue weighted by molar-refractivity contribution is -0.247. The summed E-state index contributed by atoms with van der Waals surface area (Å²) < 4.78 is 5.30. The van der Waals surface area contributed by atoms with Crippen LogP contribution in [0.25, 0.3) is 0 Å². The molecule has 118 valence electrons. The van der Waals surface area contributed by atoms with Gasteiger partial charge in [-0.15, -0.1) is 0 Å². The Labute approximate surface area is 127 Å². The Hall–Kier alpha value is -1.39. The molecule has 1 rings (SSSR count). The van der Waals surface area contributed by atoms with E-state index in [0.717, 1.165) is 32.1 Å². The average molecular weight is 294 g/mol. The molecule has 0 unspecified atom stereocenters. The normalized spacial score (nSPS) is 10.6. The van der Waals surface area contributed by atoms with Crippen molar-refractivity contribution in [3.63, 3.8) is 0 Å². The molecular formula is C17H26O4. The Morgan fingerprint density at radius 1 is 0.952 bits per heavy atom. The fraction of sp³-hybridized carbons (Fsp3) is 0.588. The number of carbonyl (C=O) groups is 1. The third-order valence-corrected chi connectivity index (χ3v) is 3.10. The fourth-order valence-electron chi connectivity index (χ4n) is 1.77. The minimum atomic E-state index is -0.467. The summed E-state index contributed by atoms with van der Waals surface area (Å²) in [5.74, 6) is -0.467. The second-order valence-corrected chi connectivity index (χ2v) is 4.96. The van der Waals surface area contributed by atoms with Crippen molar-refractivity contribution in [2.24, 2.45) is 0 Å². The smallest absolute Gasteiger partial charge is 0.373 e. The number of benzene rings is 1. The van der Waals surface area contributed by atoms with Crippen molar-refractivity contribution in [2.75, 3.05) is 19.8 Å². The monoisotopic (exact) mass is 294 g/mol. The number of carbonyl (C=O) groups excluding carboxylic acids is 1. The summed E-state index contributed by atoms with van der Waals surface area (Å²) in [7, 11) is 0. The molecule has 0 spiro atoms. The van der Waals surface area contributed by atoms with Crippen molar-refractivity contribution >= 4 is 5.97 Å². The van der Waals surface area contributed by atoms with Crippen LogP contribution in [-0.4, -0.2) is 25.8 Å². The Morgan fingerprint density at radius 2 is 1.67 bits per heavy atom. The molecule has 4 nitrogen and oxygen atoms in total. The number of aryl methyl sites for hydroxylation is 1. The van der Waals surface area contributed by atoms with Crippen LogP contribution in [0.15, 0.2) is 24.3 Å². The molecule has 0 heterocycles. The summed E-state index contributed by atoms with van der Waals surface area (Å²) in [5.41, 5.74) is 1.74. The molecule has 0 bridgehead atoms. The molecule has 0 radical (unpaired) electrons. The van der Waals surface area contributed by atoms with Crippen LogP contribution in [0.3, 0.4) is 0 Å². The van der Waals surface area contributed by atoms with Crippen molar-refractivity contribution in [1.82, 2.24) is 0 Å². The first-order valence-electron chi connectivity index (χ1n) is 7.78. The fourth-order valence-corrected chi connectivity index (χ4v) is 1.77. The van der Waals surface area contributed by atoms with Crippen LogP contribution in [0.1, 0.15) is 55.5 Å². The molecule has 0 N–H and O–H groups in total. The quantitative estimate of drug-likeness (QED) is 0.352. The lowest BCUT2D eigenvalue weighted by Crippen LogP contribution is -2.10. The van der Waals surface area contributed by atoms with E-state index < -0.39 is 5.97 Å². The van der Waals surface area contributed by atoms with Crippen LogP contribution >= 0.6 is 0 Å². The van der Waals surface area contributed by atoms with Gasteiger partial charge in [0.15, 0.2) is 0 Å². The van der Waals surface area contributed by atoms with E-state index in [0.29, 0.717) is 18.8 Å². The second-order valence-electron chi connectivity index (χ2n) is 4.96. The van der Waals surface area contributed by atoms with Gasteiger partial charge in [0, 0.05) is 6.61 Å². The van der Waals surface area contributed by atoms with Crippen LogP contribution in [0, 0.1) is 0 Å². The highest BCUT2D eigenvalue weighted by Gasteiger charge is 2.08. The first kappa shape index (κ1) is 17.7. The van der Waals surface area contributed by atoms with E-state index in [1.165, 1.54) is 5.56 Å². The zero-order valence-electron chi connectivity index (χ0n) is 13.1. The molecule has 4 heteroatoms. The Kier molecular flexibility index (Phi) is 9.49. The molecule has 1 aromatic rings. The van der Waals surface area contributed by atoms with Gasteiger partial charge in [0.2, 0.25) is 0 Å². The molecule has 0 atom stereocenters. The molecule has 0 saturated carbocycles. The van der Waals surface area contributed by atoms with E-state index in [-0.39, 0.29) is 6.61 Å². The molecule has 1 aromatic carbocycles. The number of hydrogen-bond acceptors (Lipinski definition) is 4. The van der Waals surface area contributed by atoms with E-state index in [2.05, 4.69) is 13.8 Å². The van der Waals surface area contributed by atoms with E-state index in [4.69, 9.17) is 14.5 Å². The van der Waals surface area contributed by atoms with E-state index >= 15 is 0 Å². The maximum Gasteiger partial charge on any atom is 0.373 e. The molecule has 0 aliphatic carbocycles. The summed E-state index contributed by atoms with van der Waals surface area (Å²) in [6.45, 7) is 5.67. The lowest BCUT2D eigenvalue weighted by Gasteiger charge is -2.05. The van der Waals surface area contributed by atoms with Gasteiger partial charge in [-0.1, -0.05) is 38.8 Å². The van der Waals surface area contributed by atoms with Crippen LogP contribution in [0.2, 0.25) is 0 Å². The predicted octanol–water partition coefficient (Wildman–Crippen LogP) is 3.93. The number of ether oxygens (including phenoxy) is 1. The standard InChI is InChI=1S/C17H26O4/c1-3-5-7-15-8-10-16(11-9-15)17(18)21-20-14-13-19-12-6-4-2/h8-11H,3-7,12-14H2,1-2H3. The lowest BCUT2D eigenvalue weighted by atomic mass is 10.1. The molecular weight excluding hydrogens is 268 g/mol. The number of hydrogen-bond donors (Lipinski definition) is 0. The minimum absolute atomic E-state index is 0.254. The summed E-state index contributed by atoms with van der Waals surface area (Å²) in [6, 6.07) is 7.46. The largest absolute Gasteiger partial charge is 0.379 e. The SMILES string of the molecule is CCCCOCCOOC(=O)c1ccc(CCCC)cc1. The Balaban J connectivity index is 2.19. The topological polar surface area (TPSA) is 44.8 Å². The molecule has 21 heavy (non-hydrogen) atoms. The summed E-state index contributed by atoms with van der Waals surface area (Å²) in [6.07, 6.45) is 5.49. The summed E-state index contributed by atoms with van der Waals surface area (Å²) in [4.78, 5) is 21.3. The van der Waals surface area contributed by atoms with Gasteiger partial charge in [0.25, 0.3) is 0 Å². The van der Waals surface area contributed by atoms with Crippen molar-refractivity contribution in [2.45, 2.75) is 46.0 Å².